The molecule has 1 saturated heterocycles. The van der Waals surface area contributed by atoms with Crippen LogP contribution in [-0.4, -0.2) is 64.8 Å². The maximum atomic E-state index is 13.1. The highest BCUT2D eigenvalue weighted by Gasteiger charge is 2.35. The van der Waals surface area contributed by atoms with Gasteiger partial charge in [0.25, 0.3) is 5.91 Å². The molecule has 1 unspecified atom stereocenters. The SMILES string of the molecule is COc1cccc(CC2(O)CCN(CCN3C(=O)c4cccc5cccc(c45)C3O)CC2)c1. The van der Waals surface area contributed by atoms with Crippen LogP contribution in [0.4, 0.5) is 0 Å². The number of hydrogen-bond acceptors (Lipinski definition) is 5. The molecule has 33 heavy (non-hydrogen) atoms. The van der Waals surface area contributed by atoms with Gasteiger partial charge in [0.2, 0.25) is 0 Å². The first kappa shape index (κ1) is 21.9. The molecule has 3 aromatic rings. The average Bonchev–Trinajstić information content (AvgIpc) is 2.83. The van der Waals surface area contributed by atoms with E-state index in [2.05, 4.69) is 4.90 Å². The lowest BCUT2D eigenvalue weighted by Gasteiger charge is -2.40. The molecule has 2 aliphatic heterocycles. The quantitative estimate of drug-likeness (QED) is 0.608. The summed E-state index contributed by atoms with van der Waals surface area (Å²) in [5.41, 5.74) is 1.77. The van der Waals surface area contributed by atoms with Crippen LogP contribution in [0.5, 0.6) is 5.75 Å². The van der Waals surface area contributed by atoms with Crippen LogP contribution in [0.1, 0.15) is 40.6 Å². The van der Waals surface area contributed by atoms with Crippen LogP contribution in [0.3, 0.4) is 0 Å². The first-order chi connectivity index (χ1) is 16.0. The Morgan fingerprint density at radius 3 is 2.52 bits per heavy atom. The van der Waals surface area contributed by atoms with E-state index in [9.17, 15) is 15.0 Å². The van der Waals surface area contributed by atoms with Gasteiger partial charge >= 0.3 is 0 Å². The van der Waals surface area contributed by atoms with Crippen LogP contribution >= 0.6 is 0 Å². The summed E-state index contributed by atoms with van der Waals surface area (Å²) in [5, 5.41) is 23.9. The van der Waals surface area contributed by atoms with E-state index >= 15 is 0 Å². The first-order valence-electron chi connectivity index (χ1n) is 11.6. The standard InChI is InChI=1S/C27H30N2O4/c1-33-21-8-2-5-19(17-21)18-27(32)11-13-28(14-12-27)15-16-29-25(30)22-9-3-6-20-7-4-10-23(24(20)22)26(29)31/h2-10,17,25,30,32H,11-16,18H2,1H3. The van der Waals surface area contributed by atoms with Crippen molar-refractivity contribution in [1.82, 2.24) is 9.80 Å². The maximum Gasteiger partial charge on any atom is 0.256 e. The molecule has 0 aliphatic carbocycles. The van der Waals surface area contributed by atoms with E-state index in [1.165, 1.54) is 0 Å². The van der Waals surface area contributed by atoms with Gasteiger partial charge in [0, 0.05) is 49.1 Å². The van der Waals surface area contributed by atoms with Gasteiger partial charge in [-0.15, -0.1) is 0 Å². The molecule has 5 rings (SSSR count). The molecule has 2 aliphatic rings. The van der Waals surface area contributed by atoms with Gasteiger partial charge in [0.1, 0.15) is 5.75 Å². The fraction of sp³-hybridized carbons (Fsp3) is 0.370. The lowest BCUT2D eigenvalue weighted by atomic mass is 9.85. The molecule has 6 heteroatoms. The Kier molecular flexibility index (Phi) is 5.83. The number of nitrogens with zero attached hydrogens (tertiary/aromatic N) is 2. The molecule has 1 fully saturated rings. The van der Waals surface area contributed by atoms with Crippen molar-refractivity contribution in [1.29, 1.82) is 0 Å². The predicted molar refractivity (Wildman–Crippen MR) is 127 cm³/mol. The summed E-state index contributed by atoms with van der Waals surface area (Å²) in [6.45, 7) is 2.62. The van der Waals surface area contributed by atoms with Crippen molar-refractivity contribution in [3.8, 4) is 5.75 Å². The third-order valence-electron chi connectivity index (χ3n) is 7.11. The smallest absolute Gasteiger partial charge is 0.256 e. The van der Waals surface area contributed by atoms with E-state index in [0.29, 0.717) is 37.9 Å². The number of amides is 1. The Morgan fingerprint density at radius 1 is 1.03 bits per heavy atom. The number of hydrogen-bond donors (Lipinski definition) is 2. The van der Waals surface area contributed by atoms with E-state index in [4.69, 9.17) is 4.74 Å². The molecule has 0 spiro atoms. The second kappa shape index (κ2) is 8.78. The van der Waals surface area contributed by atoms with Crippen molar-refractivity contribution >= 4 is 16.7 Å². The minimum absolute atomic E-state index is 0.127. The van der Waals surface area contributed by atoms with Crippen molar-refractivity contribution in [2.45, 2.75) is 31.1 Å². The molecule has 0 radical (unpaired) electrons. The molecule has 2 N–H and O–H groups in total. The minimum atomic E-state index is -0.939. The zero-order valence-corrected chi connectivity index (χ0v) is 18.9. The highest BCUT2D eigenvalue weighted by molar-refractivity contribution is 6.10. The van der Waals surface area contributed by atoms with Gasteiger partial charge in [-0.3, -0.25) is 4.79 Å². The number of carbonyl (C=O) groups is 1. The number of ether oxygens (including phenoxy) is 1. The van der Waals surface area contributed by atoms with Crippen LogP contribution in [0.2, 0.25) is 0 Å². The molecule has 1 amide bonds. The third kappa shape index (κ3) is 4.22. The third-order valence-corrected chi connectivity index (χ3v) is 7.11. The monoisotopic (exact) mass is 446 g/mol. The molecule has 0 saturated carbocycles. The van der Waals surface area contributed by atoms with E-state index in [1.54, 1.807) is 12.0 Å². The van der Waals surface area contributed by atoms with Gasteiger partial charge in [-0.1, -0.05) is 42.5 Å². The zero-order chi connectivity index (χ0) is 23.0. The van der Waals surface area contributed by atoms with E-state index in [1.807, 2.05) is 60.7 Å². The van der Waals surface area contributed by atoms with Gasteiger partial charge in [-0.2, -0.15) is 0 Å². The first-order valence-corrected chi connectivity index (χ1v) is 11.6. The molecule has 3 aromatic carbocycles. The van der Waals surface area contributed by atoms with Crippen molar-refractivity contribution in [3.05, 3.63) is 77.4 Å². The minimum Gasteiger partial charge on any atom is -0.497 e. The predicted octanol–water partition coefficient (Wildman–Crippen LogP) is 3.36. The van der Waals surface area contributed by atoms with E-state index < -0.39 is 11.8 Å². The average molecular weight is 447 g/mol. The van der Waals surface area contributed by atoms with Crippen molar-refractivity contribution in [3.63, 3.8) is 0 Å². The summed E-state index contributed by atoms with van der Waals surface area (Å²) >= 11 is 0. The second-order valence-corrected chi connectivity index (χ2v) is 9.22. The number of rotatable bonds is 6. The summed E-state index contributed by atoms with van der Waals surface area (Å²) in [4.78, 5) is 17.0. The van der Waals surface area contributed by atoms with Gasteiger partial charge in [-0.25, -0.2) is 0 Å². The molecule has 1 atom stereocenters. The van der Waals surface area contributed by atoms with Gasteiger partial charge < -0.3 is 24.7 Å². The largest absolute Gasteiger partial charge is 0.497 e. The van der Waals surface area contributed by atoms with Crippen LogP contribution in [0, 0.1) is 0 Å². The Labute approximate surface area is 194 Å². The molecular weight excluding hydrogens is 416 g/mol. The van der Waals surface area contributed by atoms with Crippen LogP contribution in [-0.2, 0) is 6.42 Å². The molecule has 6 nitrogen and oxygen atoms in total. The van der Waals surface area contributed by atoms with Crippen LogP contribution in [0.25, 0.3) is 10.8 Å². The zero-order valence-electron chi connectivity index (χ0n) is 18.9. The Morgan fingerprint density at radius 2 is 1.76 bits per heavy atom. The van der Waals surface area contributed by atoms with Gasteiger partial charge in [-0.05, 0) is 42.0 Å². The van der Waals surface area contributed by atoms with Crippen LogP contribution in [0.15, 0.2) is 60.7 Å². The van der Waals surface area contributed by atoms with Crippen molar-refractivity contribution in [2.24, 2.45) is 0 Å². The topological polar surface area (TPSA) is 73.2 Å². The normalized spacial score (nSPS) is 20.3. The van der Waals surface area contributed by atoms with Crippen molar-refractivity contribution in [2.75, 3.05) is 33.3 Å². The highest BCUT2D eigenvalue weighted by atomic mass is 16.5. The molecular formula is C27H30N2O4. The van der Waals surface area contributed by atoms with E-state index in [0.717, 1.165) is 40.7 Å². The summed E-state index contributed by atoms with van der Waals surface area (Å²) in [7, 11) is 1.65. The molecule has 0 aromatic heterocycles. The van der Waals surface area contributed by atoms with Gasteiger partial charge in [0.05, 0.1) is 12.7 Å². The summed E-state index contributed by atoms with van der Waals surface area (Å²) in [6.07, 6.45) is 0.999. The highest BCUT2D eigenvalue weighted by Crippen LogP contribution is 2.35. The Balaban J connectivity index is 1.21. The van der Waals surface area contributed by atoms with E-state index in [-0.39, 0.29) is 5.91 Å². The number of piperidine rings is 1. The number of likely N-dealkylation sites (tertiary alicyclic amines) is 1. The lowest BCUT2D eigenvalue weighted by molar-refractivity contribution is -0.0295. The fourth-order valence-corrected chi connectivity index (χ4v) is 5.20. The molecule has 172 valence electrons. The lowest BCUT2D eigenvalue weighted by Crippen LogP contribution is -2.49. The number of aliphatic hydroxyl groups excluding tert-OH is 1. The van der Waals surface area contributed by atoms with Crippen molar-refractivity contribution < 1.29 is 19.7 Å². The van der Waals surface area contributed by atoms with Gasteiger partial charge in [0.15, 0.2) is 6.23 Å². The Bertz CT molecular complexity index is 1160. The summed E-state index contributed by atoms with van der Waals surface area (Å²) in [5.74, 6) is 0.675. The number of benzene rings is 3. The van der Waals surface area contributed by atoms with Crippen LogP contribution < -0.4 is 4.74 Å². The maximum absolute atomic E-state index is 13.1. The number of aliphatic hydroxyl groups is 2. The fourth-order valence-electron chi connectivity index (χ4n) is 5.20. The number of methoxy groups -OCH3 is 1. The summed E-state index contributed by atoms with van der Waals surface area (Å²) < 4.78 is 5.30. The molecule has 2 heterocycles. The Hall–Kier alpha value is -2.93. The summed E-state index contributed by atoms with van der Waals surface area (Å²) in [6, 6.07) is 19.4. The number of carbonyl (C=O) groups excluding carboxylic acids is 1. The molecule has 0 bridgehead atoms. The second-order valence-electron chi connectivity index (χ2n) is 9.22.